The van der Waals surface area contributed by atoms with Gasteiger partial charge in [0.25, 0.3) is 0 Å². The van der Waals surface area contributed by atoms with E-state index in [1.165, 1.54) is 16.2 Å². The average Bonchev–Trinajstić information content (AvgIpc) is 2.49. The van der Waals surface area contributed by atoms with Crippen molar-refractivity contribution in [1.82, 2.24) is 4.98 Å². The maximum atomic E-state index is 5.92. The summed E-state index contributed by atoms with van der Waals surface area (Å²) in [5, 5.41) is 0. The lowest BCUT2D eigenvalue weighted by atomic mass is 10.2. The molecular weight excluding hydrogens is 180 g/mol. The van der Waals surface area contributed by atoms with Gasteiger partial charge in [-0.05, 0) is 12.8 Å². The second-order valence-electron chi connectivity index (χ2n) is 3.12. The second-order valence-corrected chi connectivity index (χ2v) is 4.82. The van der Waals surface area contributed by atoms with Crippen LogP contribution in [0, 0.1) is 0 Å². The number of hydrogen-bond acceptors (Lipinski definition) is 3. The van der Waals surface area contributed by atoms with Gasteiger partial charge < -0.3 is 5.73 Å². The molecule has 0 saturated heterocycles. The monoisotopic (exact) mass is 188 g/mol. The van der Waals surface area contributed by atoms with Crippen LogP contribution in [0.2, 0.25) is 4.47 Å². The van der Waals surface area contributed by atoms with Gasteiger partial charge in [-0.1, -0.05) is 11.6 Å². The van der Waals surface area contributed by atoms with Crippen molar-refractivity contribution in [1.29, 1.82) is 0 Å². The Morgan fingerprint density at radius 3 is 2.91 bits per heavy atom. The zero-order valence-corrected chi connectivity index (χ0v) is 7.58. The fourth-order valence-corrected chi connectivity index (χ4v) is 2.18. The molecule has 0 aromatic carbocycles. The molecule has 0 unspecified atom stereocenters. The third kappa shape index (κ3) is 1.72. The second kappa shape index (κ2) is 2.44. The Balaban J connectivity index is 2.06. The van der Waals surface area contributed by atoms with E-state index in [0.29, 0.717) is 4.47 Å². The van der Waals surface area contributed by atoms with E-state index in [0.717, 1.165) is 19.3 Å². The van der Waals surface area contributed by atoms with Crippen LogP contribution in [0.4, 0.5) is 0 Å². The van der Waals surface area contributed by atoms with Crippen LogP contribution in [0.3, 0.4) is 0 Å². The number of hydrogen-bond donors (Lipinski definition) is 1. The lowest BCUT2D eigenvalue weighted by Gasteiger charge is -2.03. The van der Waals surface area contributed by atoms with Crippen LogP contribution in [0.15, 0.2) is 6.20 Å². The Kier molecular flexibility index (Phi) is 1.67. The van der Waals surface area contributed by atoms with Crippen LogP contribution in [0.25, 0.3) is 0 Å². The Hall–Kier alpha value is -0.120. The highest BCUT2D eigenvalue weighted by Gasteiger charge is 2.38. The molecule has 1 aromatic rings. The van der Waals surface area contributed by atoms with Crippen LogP contribution < -0.4 is 5.73 Å². The smallest absolute Gasteiger partial charge is 0.183 e. The quantitative estimate of drug-likeness (QED) is 0.769. The van der Waals surface area contributed by atoms with Gasteiger partial charge in [-0.2, -0.15) is 0 Å². The molecule has 0 aliphatic heterocycles. The molecule has 60 valence electrons. The van der Waals surface area contributed by atoms with Crippen molar-refractivity contribution in [3.8, 4) is 0 Å². The number of nitrogens with two attached hydrogens (primary N) is 1. The molecule has 1 saturated carbocycles. The van der Waals surface area contributed by atoms with Crippen molar-refractivity contribution in [2.45, 2.75) is 24.8 Å². The van der Waals surface area contributed by atoms with Gasteiger partial charge in [-0.3, -0.25) is 0 Å². The molecule has 1 aliphatic rings. The highest BCUT2D eigenvalue weighted by Crippen LogP contribution is 2.37. The van der Waals surface area contributed by atoms with Crippen LogP contribution in [0.1, 0.15) is 17.7 Å². The Morgan fingerprint density at radius 1 is 1.73 bits per heavy atom. The predicted octanol–water partition coefficient (Wildman–Crippen LogP) is 1.83. The van der Waals surface area contributed by atoms with Crippen molar-refractivity contribution < 1.29 is 0 Å². The van der Waals surface area contributed by atoms with Gasteiger partial charge in [0.05, 0.1) is 0 Å². The SMILES string of the molecule is NC1(Cc2cnc(Cl)s2)CC1. The molecule has 2 nitrogen and oxygen atoms in total. The number of rotatable bonds is 2. The predicted molar refractivity (Wildman–Crippen MR) is 47.0 cm³/mol. The molecule has 4 heteroatoms. The largest absolute Gasteiger partial charge is 0.325 e. The minimum atomic E-state index is 0.0792. The third-order valence-electron chi connectivity index (χ3n) is 1.94. The van der Waals surface area contributed by atoms with Crippen LogP contribution in [-0.2, 0) is 6.42 Å². The lowest BCUT2D eigenvalue weighted by molar-refractivity contribution is 0.678. The van der Waals surface area contributed by atoms with Gasteiger partial charge in [0.2, 0.25) is 0 Å². The van der Waals surface area contributed by atoms with Crippen LogP contribution in [-0.4, -0.2) is 10.5 Å². The summed E-state index contributed by atoms with van der Waals surface area (Å²) in [7, 11) is 0. The van der Waals surface area contributed by atoms with Crippen LogP contribution >= 0.6 is 22.9 Å². The van der Waals surface area contributed by atoms with Crippen molar-refractivity contribution in [3.05, 3.63) is 15.5 Å². The van der Waals surface area contributed by atoms with E-state index in [9.17, 15) is 0 Å². The summed E-state index contributed by atoms with van der Waals surface area (Å²) in [4.78, 5) is 5.16. The zero-order valence-electron chi connectivity index (χ0n) is 6.01. The topological polar surface area (TPSA) is 38.9 Å². The van der Waals surface area contributed by atoms with E-state index >= 15 is 0 Å². The zero-order chi connectivity index (χ0) is 7.90. The first-order valence-electron chi connectivity index (χ1n) is 3.57. The molecule has 0 atom stereocenters. The number of halogens is 1. The van der Waals surface area contributed by atoms with Gasteiger partial charge in [-0.25, -0.2) is 4.98 Å². The van der Waals surface area contributed by atoms with Crippen LogP contribution in [0.5, 0.6) is 0 Å². The molecule has 0 radical (unpaired) electrons. The van der Waals surface area contributed by atoms with Crippen molar-refractivity contribution in [3.63, 3.8) is 0 Å². The highest BCUT2D eigenvalue weighted by molar-refractivity contribution is 7.15. The minimum absolute atomic E-state index is 0.0792. The van der Waals surface area contributed by atoms with E-state index in [4.69, 9.17) is 17.3 Å². The maximum Gasteiger partial charge on any atom is 0.183 e. The van der Waals surface area contributed by atoms with E-state index in [1.807, 2.05) is 6.20 Å². The normalized spacial score (nSPS) is 20.2. The third-order valence-corrected chi connectivity index (χ3v) is 3.06. The molecular formula is C7H9ClN2S. The van der Waals surface area contributed by atoms with Gasteiger partial charge >= 0.3 is 0 Å². The summed E-state index contributed by atoms with van der Waals surface area (Å²) >= 11 is 7.21. The average molecular weight is 189 g/mol. The van der Waals surface area contributed by atoms with Gasteiger partial charge in [0, 0.05) is 23.0 Å². The Bertz CT molecular complexity index is 267. The molecule has 1 aliphatic carbocycles. The Morgan fingerprint density at radius 2 is 2.45 bits per heavy atom. The molecule has 2 rings (SSSR count). The van der Waals surface area contributed by atoms with Gasteiger partial charge in [-0.15, -0.1) is 11.3 Å². The fourth-order valence-electron chi connectivity index (χ4n) is 1.05. The Labute approximate surface area is 74.4 Å². The van der Waals surface area contributed by atoms with Gasteiger partial charge in [0.15, 0.2) is 4.47 Å². The molecule has 1 heterocycles. The lowest BCUT2D eigenvalue weighted by Crippen LogP contribution is -2.23. The molecule has 0 bridgehead atoms. The molecule has 1 aromatic heterocycles. The number of nitrogens with zero attached hydrogens (tertiary/aromatic N) is 1. The molecule has 0 amide bonds. The van der Waals surface area contributed by atoms with Crippen molar-refractivity contribution in [2.24, 2.45) is 5.73 Å². The van der Waals surface area contributed by atoms with E-state index < -0.39 is 0 Å². The van der Waals surface area contributed by atoms with E-state index in [2.05, 4.69) is 4.98 Å². The van der Waals surface area contributed by atoms with E-state index in [-0.39, 0.29) is 5.54 Å². The van der Waals surface area contributed by atoms with Gasteiger partial charge in [0.1, 0.15) is 0 Å². The first kappa shape index (κ1) is 7.53. The first-order chi connectivity index (χ1) is 5.18. The molecule has 1 fully saturated rings. The first-order valence-corrected chi connectivity index (χ1v) is 4.77. The summed E-state index contributed by atoms with van der Waals surface area (Å²) in [6.07, 6.45) is 5.04. The summed E-state index contributed by atoms with van der Waals surface area (Å²) in [5.74, 6) is 0. The molecule has 11 heavy (non-hydrogen) atoms. The maximum absolute atomic E-state index is 5.92. The van der Waals surface area contributed by atoms with E-state index in [1.54, 1.807) is 0 Å². The summed E-state index contributed by atoms with van der Waals surface area (Å²) in [6, 6.07) is 0. The summed E-state index contributed by atoms with van der Waals surface area (Å²) < 4.78 is 0.615. The summed E-state index contributed by atoms with van der Waals surface area (Å²) in [5.41, 5.74) is 6.00. The van der Waals surface area contributed by atoms with Crippen molar-refractivity contribution in [2.75, 3.05) is 0 Å². The fraction of sp³-hybridized carbons (Fsp3) is 0.571. The molecule has 2 N–H and O–H groups in total. The van der Waals surface area contributed by atoms with Crippen molar-refractivity contribution >= 4 is 22.9 Å². The number of aromatic nitrogens is 1. The molecule has 0 spiro atoms. The summed E-state index contributed by atoms with van der Waals surface area (Å²) in [6.45, 7) is 0. The number of thiazole rings is 1. The standard InChI is InChI=1S/C7H9ClN2S/c8-6-10-4-5(11-6)3-7(9)1-2-7/h4H,1-3,9H2. The minimum Gasteiger partial charge on any atom is -0.325 e. The highest BCUT2D eigenvalue weighted by atomic mass is 35.5.